The first-order chi connectivity index (χ1) is 7.56. The molecule has 2 aliphatic carbocycles. The summed E-state index contributed by atoms with van der Waals surface area (Å²) < 4.78 is 0. The van der Waals surface area contributed by atoms with Crippen LogP contribution in [-0.2, 0) is 9.59 Å². The van der Waals surface area contributed by atoms with Gasteiger partial charge in [-0.2, -0.15) is 0 Å². The van der Waals surface area contributed by atoms with Crippen LogP contribution in [0.4, 0.5) is 0 Å². The molecule has 2 aliphatic rings. The maximum atomic E-state index is 11.8. The third kappa shape index (κ3) is 2.74. The Bertz CT molecular complexity index is 293. The van der Waals surface area contributed by atoms with Crippen LogP contribution < -0.4 is 5.32 Å². The van der Waals surface area contributed by atoms with Crippen molar-refractivity contribution >= 4 is 11.9 Å². The van der Waals surface area contributed by atoms with Gasteiger partial charge in [-0.15, -0.1) is 0 Å². The topological polar surface area (TPSA) is 66.4 Å². The van der Waals surface area contributed by atoms with E-state index < -0.39 is 5.97 Å². The van der Waals surface area contributed by atoms with Crippen molar-refractivity contribution in [2.75, 3.05) is 0 Å². The predicted molar refractivity (Wildman–Crippen MR) is 58.8 cm³/mol. The molecule has 90 valence electrons. The fourth-order valence-corrected chi connectivity index (χ4v) is 2.70. The summed E-state index contributed by atoms with van der Waals surface area (Å²) in [5.74, 6) is 1.14. The lowest BCUT2D eigenvalue weighted by atomic mass is 10.0. The Morgan fingerprint density at radius 1 is 1.31 bits per heavy atom. The summed E-state index contributed by atoms with van der Waals surface area (Å²) in [4.78, 5) is 22.2. The zero-order chi connectivity index (χ0) is 11.7. The van der Waals surface area contributed by atoms with Gasteiger partial charge < -0.3 is 10.4 Å². The fourth-order valence-electron chi connectivity index (χ4n) is 2.70. The Labute approximate surface area is 95.4 Å². The van der Waals surface area contributed by atoms with Gasteiger partial charge in [-0.3, -0.25) is 9.59 Å². The molecule has 3 unspecified atom stereocenters. The molecule has 4 nitrogen and oxygen atoms in total. The molecule has 0 aliphatic heterocycles. The second-order valence-corrected chi connectivity index (χ2v) is 5.27. The minimum absolute atomic E-state index is 0.0273. The van der Waals surface area contributed by atoms with Crippen LogP contribution in [0.2, 0.25) is 0 Å². The third-order valence-corrected chi connectivity index (χ3v) is 3.79. The highest BCUT2D eigenvalue weighted by Crippen LogP contribution is 2.54. The van der Waals surface area contributed by atoms with Gasteiger partial charge in [-0.1, -0.05) is 0 Å². The quantitative estimate of drug-likeness (QED) is 0.743. The van der Waals surface area contributed by atoms with Gasteiger partial charge >= 0.3 is 5.97 Å². The number of carboxylic acid groups (broad SMARTS) is 1. The number of hydrogen-bond acceptors (Lipinski definition) is 2. The molecule has 2 fully saturated rings. The molecular weight excluding hydrogens is 206 g/mol. The van der Waals surface area contributed by atoms with Crippen molar-refractivity contribution in [3.63, 3.8) is 0 Å². The molecule has 0 heterocycles. The summed E-state index contributed by atoms with van der Waals surface area (Å²) in [5, 5.41) is 11.5. The molecule has 1 amide bonds. The number of carboxylic acids is 1. The molecule has 4 heteroatoms. The average Bonchev–Trinajstić information content (AvgIpc) is 2.83. The maximum absolute atomic E-state index is 11.8. The number of carbonyl (C=O) groups excluding carboxylic acids is 1. The smallest absolute Gasteiger partial charge is 0.303 e. The highest BCUT2D eigenvalue weighted by Gasteiger charge is 2.48. The van der Waals surface area contributed by atoms with E-state index in [0.29, 0.717) is 6.42 Å². The SMILES string of the molecule is CC(CCC(=O)O)NC(=O)C1CC2CC2C1. The lowest BCUT2D eigenvalue weighted by Crippen LogP contribution is -2.37. The largest absolute Gasteiger partial charge is 0.481 e. The molecule has 0 aromatic carbocycles. The van der Waals surface area contributed by atoms with Gasteiger partial charge in [-0.05, 0) is 44.4 Å². The van der Waals surface area contributed by atoms with Crippen LogP contribution in [0.15, 0.2) is 0 Å². The van der Waals surface area contributed by atoms with E-state index >= 15 is 0 Å². The molecule has 0 bridgehead atoms. The number of fused-ring (bicyclic) bond motifs is 1. The fraction of sp³-hybridized carbons (Fsp3) is 0.833. The van der Waals surface area contributed by atoms with Gasteiger partial charge in [0.15, 0.2) is 0 Å². The van der Waals surface area contributed by atoms with Crippen molar-refractivity contribution in [3.8, 4) is 0 Å². The molecule has 2 rings (SSSR count). The second kappa shape index (κ2) is 4.44. The highest BCUT2D eigenvalue weighted by molar-refractivity contribution is 5.79. The molecule has 16 heavy (non-hydrogen) atoms. The molecule has 2 saturated carbocycles. The standard InChI is InChI=1S/C12H19NO3/c1-7(2-3-11(14)15)13-12(16)10-5-8-4-9(8)6-10/h7-10H,2-6H2,1H3,(H,13,16)(H,14,15). The summed E-state index contributed by atoms with van der Waals surface area (Å²) >= 11 is 0. The summed E-state index contributed by atoms with van der Waals surface area (Å²) in [5.41, 5.74) is 0. The Morgan fingerprint density at radius 3 is 2.50 bits per heavy atom. The first-order valence-corrected chi connectivity index (χ1v) is 6.08. The number of amides is 1. The number of nitrogens with one attached hydrogen (secondary N) is 1. The number of rotatable bonds is 5. The van der Waals surface area contributed by atoms with E-state index in [1.807, 2.05) is 6.92 Å². The summed E-state index contributed by atoms with van der Waals surface area (Å²) in [6, 6.07) is -0.0273. The van der Waals surface area contributed by atoms with E-state index in [-0.39, 0.29) is 24.3 Å². The van der Waals surface area contributed by atoms with E-state index in [1.165, 1.54) is 6.42 Å². The van der Waals surface area contributed by atoms with E-state index in [1.54, 1.807) is 0 Å². The van der Waals surface area contributed by atoms with Crippen LogP contribution >= 0.6 is 0 Å². The summed E-state index contributed by atoms with van der Waals surface area (Å²) in [7, 11) is 0. The third-order valence-electron chi connectivity index (χ3n) is 3.79. The van der Waals surface area contributed by atoms with E-state index in [4.69, 9.17) is 5.11 Å². The van der Waals surface area contributed by atoms with Gasteiger partial charge in [0.2, 0.25) is 5.91 Å². The van der Waals surface area contributed by atoms with Crippen LogP contribution in [0.25, 0.3) is 0 Å². The Hall–Kier alpha value is -1.06. The van der Waals surface area contributed by atoms with Crippen molar-refractivity contribution in [2.24, 2.45) is 17.8 Å². The molecule has 0 aromatic rings. The van der Waals surface area contributed by atoms with Gasteiger partial charge in [0, 0.05) is 18.4 Å². The predicted octanol–water partition coefficient (Wildman–Crippen LogP) is 1.40. The normalized spacial score (nSPS) is 32.9. The lowest BCUT2D eigenvalue weighted by Gasteiger charge is -2.17. The monoisotopic (exact) mass is 225 g/mol. The van der Waals surface area contributed by atoms with Crippen LogP contribution in [0, 0.1) is 17.8 Å². The molecule has 0 spiro atoms. The molecule has 0 saturated heterocycles. The molecule has 3 atom stereocenters. The summed E-state index contributed by atoms with van der Waals surface area (Å²) in [6.07, 6.45) is 4.04. The lowest BCUT2D eigenvalue weighted by molar-refractivity contribution is -0.137. The average molecular weight is 225 g/mol. The number of aliphatic carboxylic acids is 1. The second-order valence-electron chi connectivity index (χ2n) is 5.27. The Balaban J connectivity index is 1.68. The number of carbonyl (C=O) groups is 2. The van der Waals surface area contributed by atoms with Crippen LogP contribution in [0.1, 0.15) is 39.0 Å². The first kappa shape index (κ1) is 11.4. The van der Waals surface area contributed by atoms with Gasteiger partial charge in [0.25, 0.3) is 0 Å². The van der Waals surface area contributed by atoms with Crippen molar-refractivity contribution in [1.29, 1.82) is 0 Å². The Kier molecular flexibility index (Phi) is 3.17. The highest BCUT2D eigenvalue weighted by atomic mass is 16.4. The van der Waals surface area contributed by atoms with Crippen molar-refractivity contribution < 1.29 is 14.7 Å². The minimum atomic E-state index is -0.803. The molecular formula is C12H19NO3. The van der Waals surface area contributed by atoms with E-state index in [0.717, 1.165) is 24.7 Å². The van der Waals surface area contributed by atoms with Gasteiger partial charge in [0.1, 0.15) is 0 Å². The Morgan fingerprint density at radius 2 is 1.94 bits per heavy atom. The van der Waals surface area contributed by atoms with E-state index in [9.17, 15) is 9.59 Å². The van der Waals surface area contributed by atoms with Crippen molar-refractivity contribution in [2.45, 2.75) is 45.1 Å². The minimum Gasteiger partial charge on any atom is -0.481 e. The zero-order valence-corrected chi connectivity index (χ0v) is 9.61. The first-order valence-electron chi connectivity index (χ1n) is 6.08. The van der Waals surface area contributed by atoms with Crippen molar-refractivity contribution in [1.82, 2.24) is 5.32 Å². The van der Waals surface area contributed by atoms with Gasteiger partial charge in [-0.25, -0.2) is 0 Å². The van der Waals surface area contributed by atoms with E-state index in [2.05, 4.69) is 5.32 Å². The van der Waals surface area contributed by atoms with Crippen LogP contribution in [-0.4, -0.2) is 23.0 Å². The van der Waals surface area contributed by atoms with Crippen LogP contribution in [0.3, 0.4) is 0 Å². The van der Waals surface area contributed by atoms with Gasteiger partial charge in [0.05, 0.1) is 0 Å². The molecule has 0 radical (unpaired) electrons. The summed E-state index contributed by atoms with van der Waals surface area (Å²) in [6.45, 7) is 1.87. The van der Waals surface area contributed by atoms with Crippen LogP contribution in [0.5, 0.6) is 0 Å². The zero-order valence-electron chi connectivity index (χ0n) is 9.61. The number of hydrogen-bond donors (Lipinski definition) is 2. The van der Waals surface area contributed by atoms with Crippen molar-refractivity contribution in [3.05, 3.63) is 0 Å². The maximum Gasteiger partial charge on any atom is 0.303 e. The molecule has 0 aromatic heterocycles. The molecule has 2 N–H and O–H groups in total.